The molecule has 0 saturated heterocycles. The Bertz CT molecular complexity index is 767. The Balaban J connectivity index is 1.91. The molecule has 22 heavy (non-hydrogen) atoms. The van der Waals surface area contributed by atoms with Crippen molar-refractivity contribution < 1.29 is 0 Å². The highest BCUT2D eigenvalue weighted by Crippen LogP contribution is 2.13. The first-order valence-electron chi connectivity index (χ1n) is 6.81. The van der Waals surface area contributed by atoms with Gasteiger partial charge < -0.3 is 0 Å². The molecule has 0 spiro atoms. The molecule has 1 aliphatic rings. The molecule has 2 heterocycles. The van der Waals surface area contributed by atoms with Crippen LogP contribution in [0.5, 0.6) is 0 Å². The molecule has 0 aliphatic carbocycles. The topological polar surface area (TPSA) is 55.4 Å². The van der Waals surface area contributed by atoms with E-state index in [-0.39, 0.29) is 0 Å². The number of nitrogens with zero attached hydrogens (tertiary/aromatic N) is 5. The maximum atomic E-state index is 4.64. The van der Waals surface area contributed by atoms with E-state index in [1.54, 1.807) is 10.9 Å². The third kappa shape index (κ3) is 3.56. The average Bonchev–Trinajstić information content (AvgIpc) is 3.07. The summed E-state index contributed by atoms with van der Waals surface area (Å²) < 4.78 is 2.91. The maximum absolute atomic E-state index is 4.64. The van der Waals surface area contributed by atoms with E-state index in [4.69, 9.17) is 0 Å². The highest BCUT2D eigenvalue weighted by atomic mass is 127. The van der Waals surface area contributed by atoms with Crippen LogP contribution in [0, 0.1) is 0 Å². The molecule has 0 atom stereocenters. The zero-order valence-corrected chi connectivity index (χ0v) is 14.2. The number of aliphatic imine (C=N–C) groups is 2. The van der Waals surface area contributed by atoms with Crippen LogP contribution in [0.4, 0.5) is 0 Å². The molecule has 3 rings (SSSR count). The summed E-state index contributed by atoms with van der Waals surface area (Å²) in [5, 5.41) is 7.80. The van der Waals surface area contributed by atoms with Gasteiger partial charge in [0.1, 0.15) is 0 Å². The lowest BCUT2D eigenvalue weighted by Crippen LogP contribution is -2.04. The summed E-state index contributed by atoms with van der Waals surface area (Å²) >= 11 is 2.29. The van der Waals surface area contributed by atoms with Crippen LogP contribution < -0.4 is 0 Å². The van der Waals surface area contributed by atoms with Crippen LogP contribution in [0.2, 0.25) is 0 Å². The number of aromatic nitrogens is 3. The predicted molar refractivity (Wildman–Crippen MR) is 97.1 cm³/mol. The van der Waals surface area contributed by atoms with Crippen molar-refractivity contribution in [2.75, 3.05) is 6.54 Å². The summed E-state index contributed by atoms with van der Waals surface area (Å²) in [5.41, 5.74) is 3.80. The molecule has 0 unspecified atom stereocenters. The summed E-state index contributed by atoms with van der Waals surface area (Å²) in [7, 11) is 0. The van der Waals surface area contributed by atoms with Gasteiger partial charge >= 0.3 is 0 Å². The SMILES string of the molecule is CC1=CC=C(I)CN=CC(c2ccc(-n3ccnn3)cc2)=N1. The zero-order valence-electron chi connectivity index (χ0n) is 12.0. The Morgan fingerprint density at radius 2 is 1.95 bits per heavy atom. The Hall–Kier alpha value is -2.09. The van der Waals surface area contributed by atoms with Crippen LogP contribution in [-0.2, 0) is 0 Å². The lowest BCUT2D eigenvalue weighted by molar-refractivity contribution is 0.803. The lowest BCUT2D eigenvalue weighted by atomic mass is 10.1. The molecule has 1 aliphatic heterocycles. The Morgan fingerprint density at radius 3 is 2.68 bits per heavy atom. The molecule has 1 aromatic heterocycles. The second kappa shape index (κ2) is 6.78. The number of hydrogen-bond acceptors (Lipinski definition) is 4. The van der Waals surface area contributed by atoms with Crippen molar-refractivity contribution in [3.05, 3.63) is 63.7 Å². The highest BCUT2D eigenvalue weighted by Gasteiger charge is 2.04. The van der Waals surface area contributed by atoms with Crippen molar-refractivity contribution in [2.24, 2.45) is 9.98 Å². The standard InChI is InChI=1S/C16H14IN5/c1-12-2-5-14(17)10-18-11-16(20-12)13-3-6-15(7-4-13)22-9-8-19-21-22/h2-9,11H,10H2,1H3. The van der Waals surface area contributed by atoms with E-state index in [1.165, 1.54) is 3.58 Å². The van der Waals surface area contributed by atoms with Gasteiger partial charge in [0.15, 0.2) is 0 Å². The highest BCUT2D eigenvalue weighted by molar-refractivity contribution is 14.1. The average molecular weight is 403 g/mol. The molecule has 0 fully saturated rings. The third-order valence-corrected chi connectivity index (χ3v) is 3.81. The first kappa shape index (κ1) is 14.8. The summed E-state index contributed by atoms with van der Waals surface area (Å²) in [6, 6.07) is 8.03. The van der Waals surface area contributed by atoms with Crippen LogP contribution in [-0.4, -0.2) is 33.5 Å². The fourth-order valence-corrected chi connectivity index (χ4v) is 2.39. The number of rotatable bonds is 2. The summed E-state index contributed by atoms with van der Waals surface area (Å²) in [4.78, 5) is 9.08. The zero-order chi connectivity index (χ0) is 15.4. The van der Waals surface area contributed by atoms with Gasteiger partial charge in [0, 0.05) is 21.1 Å². The molecular weight excluding hydrogens is 389 g/mol. The van der Waals surface area contributed by atoms with E-state index >= 15 is 0 Å². The predicted octanol–water partition coefficient (Wildman–Crippen LogP) is 3.36. The Kier molecular flexibility index (Phi) is 4.57. The Morgan fingerprint density at radius 1 is 1.14 bits per heavy atom. The van der Waals surface area contributed by atoms with Gasteiger partial charge in [-0.1, -0.05) is 17.3 Å². The number of halogens is 1. The van der Waals surface area contributed by atoms with Crippen LogP contribution >= 0.6 is 22.6 Å². The van der Waals surface area contributed by atoms with Crippen molar-refractivity contribution in [2.45, 2.75) is 6.92 Å². The molecular formula is C16H14IN5. The van der Waals surface area contributed by atoms with E-state index in [2.05, 4.69) is 42.9 Å². The molecule has 2 aromatic rings. The van der Waals surface area contributed by atoms with Gasteiger partial charge in [-0.3, -0.25) is 9.98 Å². The lowest BCUT2D eigenvalue weighted by Gasteiger charge is -2.04. The van der Waals surface area contributed by atoms with Gasteiger partial charge in [0.25, 0.3) is 0 Å². The van der Waals surface area contributed by atoms with Crippen LogP contribution in [0.15, 0.2) is 68.1 Å². The molecule has 0 amide bonds. The minimum atomic E-state index is 0.681. The number of hydrogen-bond donors (Lipinski definition) is 0. The molecule has 1 aromatic carbocycles. The smallest absolute Gasteiger partial charge is 0.0883 e. The Labute approximate surface area is 142 Å². The second-order valence-electron chi connectivity index (χ2n) is 4.78. The van der Waals surface area contributed by atoms with Gasteiger partial charge in [-0.25, -0.2) is 4.68 Å². The monoisotopic (exact) mass is 403 g/mol. The fourth-order valence-electron chi connectivity index (χ4n) is 2.01. The summed E-state index contributed by atoms with van der Waals surface area (Å²) in [6.07, 6.45) is 9.37. The molecule has 6 heteroatoms. The van der Waals surface area contributed by atoms with Crippen LogP contribution in [0.1, 0.15) is 12.5 Å². The molecule has 5 nitrogen and oxygen atoms in total. The van der Waals surface area contributed by atoms with Crippen molar-refractivity contribution in [3.8, 4) is 5.69 Å². The van der Waals surface area contributed by atoms with Crippen molar-refractivity contribution in [1.82, 2.24) is 15.0 Å². The van der Waals surface area contributed by atoms with Gasteiger partial charge in [-0.2, -0.15) is 0 Å². The number of benzene rings is 1. The summed E-state index contributed by atoms with van der Waals surface area (Å²) in [5.74, 6) is 0. The molecule has 0 saturated carbocycles. The first-order chi connectivity index (χ1) is 10.7. The van der Waals surface area contributed by atoms with Gasteiger partial charge in [0.2, 0.25) is 0 Å². The quantitative estimate of drug-likeness (QED) is 0.723. The maximum Gasteiger partial charge on any atom is 0.0883 e. The second-order valence-corrected chi connectivity index (χ2v) is 6.17. The van der Waals surface area contributed by atoms with Gasteiger partial charge in [-0.05, 0) is 53.8 Å². The molecule has 0 N–H and O–H groups in total. The normalized spacial score (nSPS) is 15.3. The van der Waals surface area contributed by atoms with E-state index < -0.39 is 0 Å². The van der Waals surface area contributed by atoms with Crippen molar-refractivity contribution >= 4 is 34.5 Å². The van der Waals surface area contributed by atoms with Gasteiger partial charge in [-0.15, -0.1) is 5.10 Å². The van der Waals surface area contributed by atoms with E-state index in [0.717, 1.165) is 22.7 Å². The molecule has 0 radical (unpaired) electrons. The molecule has 110 valence electrons. The van der Waals surface area contributed by atoms with Crippen LogP contribution in [0.25, 0.3) is 5.69 Å². The first-order valence-corrected chi connectivity index (χ1v) is 7.89. The summed E-state index contributed by atoms with van der Waals surface area (Å²) in [6.45, 7) is 2.67. The van der Waals surface area contributed by atoms with E-state index in [9.17, 15) is 0 Å². The fraction of sp³-hybridized carbons (Fsp3) is 0.125. The van der Waals surface area contributed by atoms with Crippen molar-refractivity contribution in [1.29, 1.82) is 0 Å². The molecule has 0 bridgehead atoms. The van der Waals surface area contributed by atoms with Crippen LogP contribution in [0.3, 0.4) is 0 Å². The number of allylic oxidation sites excluding steroid dienone is 3. The van der Waals surface area contributed by atoms with E-state index in [1.807, 2.05) is 55.8 Å². The van der Waals surface area contributed by atoms with E-state index in [0.29, 0.717) is 6.54 Å². The minimum Gasteiger partial charge on any atom is -0.286 e. The van der Waals surface area contributed by atoms with Crippen molar-refractivity contribution in [3.63, 3.8) is 0 Å². The van der Waals surface area contributed by atoms with Gasteiger partial charge in [0.05, 0.1) is 30.3 Å². The third-order valence-electron chi connectivity index (χ3n) is 3.11. The largest absolute Gasteiger partial charge is 0.286 e. The minimum absolute atomic E-state index is 0.681.